The second kappa shape index (κ2) is 14.5. The highest BCUT2D eigenvalue weighted by Gasteiger charge is 2.33. The van der Waals surface area contributed by atoms with Crippen LogP contribution in [-0.2, 0) is 36.8 Å². The Morgan fingerprint density at radius 1 is 0.949 bits per heavy atom. The molecule has 0 saturated carbocycles. The van der Waals surface area contributed by atoms with Gasteiger partial charge in [0.2, 0.25) is 17.7 Å². The highest BCUT2D eigenvalue weighted by atomic mass is 16.4. The fourth-order valence-corrected chi connectivity index (χ4v) is 3.67. The summed E-state index contributed by atoms with van der Waals surface area (Å²) < 4.78 is 0. The molecule has 0 fully saturated rings. The third-order valence-electron chi connectivity index (χ3n) is 6.13. The Labute approximate surface area is 224 Å². The number of H-pyrrole nitrogens is 1. The first-order valence-corrected chi connectivity index (χ1v) is 12.3. The molecule has 0 bridgehead atoms. The van der Waals surface area contributed by atoms with Crippen LogP contribution >= 0.6 is 0 Å². The molecule has 1 aromatic carbocycles. The van der Waals surface area contributed by atoms with Crippen LogP contribution in [0.4, 0.5) is 0 Å². The molecule has 2 rings (SSSR count). The minimum absolute atomic E-state index is 0.00917. The largest absolute Gasteiger partial charge is 0.508 e. The first-order chi connectivity index (χ1) is 18.4. The summed E-state index contributed by atoms with van der Waals surface area (Å²) in [6, 6.07) is 0.724. The third-order valence-corrected chi connectivity index (χ3v) is 6.13. The average molecular weight is 547 g/mol. The van der Waals surface area contributed by atoms with Crippen molar-refractivity contribution in [3.63, 3.8) is 0 Å². The number of nitrogens with zero attached hydrogens (tertiary/aromatic N) is 1. The zero-order valence-electron chi connectivity index (χ0n) is 21.6. The van der Waals surface area contributed by atoms with E-state index < -0.39 is 66.2 Å². The van der Waals surface area contributed by atoms with E-state index in [2.05, 4.69) is 25.9 Å². The number of carbonyl (C=O) groups excluding carboxylic acids is 3. The lowest BCUT2D eigenvalue weighted by Crippen LogP contribution is -2.59. The summed E-state index contributed by atoms with van der Waals surface area (Å²) in [6.07, 6.45) is 2.48. The second-order valence-electron chi connectivity index (χ2n) is 9.19. The van der Waals surface area contributed by atoms with Crippen molar-refractivity contribution in [2.75, 3.05) is 0 Å². The molecule has 5 unspecified atom stereocenters. The third kappa shape index (κ3) is 9.74. The standard InChI is InChI=1S/C25H34N6O8/c1-3-13(2)21(24(37)30-19(25(38)39)8-14-4-6-16(32)7-5-14)31-23(36)18(9-15-11-27-12-28-15)29-22(35)17(26)10-20(33)34/h4-7,11-13,17-19,21,32H,3,8-10,26H2,1-2H3,(H,27,28)(H,29,35)(H,30,37)(H,31,36)(H,33,34)(H,38,39). The van der Waals surface area contributed by atoms with Gasteiger partial charge in [-0.15, -0.1) is 0 Å². The number of hydrogen-bond donors (Lipinski definition) is 8. The summed E-state index contributed by atoms with van der Waals surface area (Å²) in [5.41, 5.74) is 6.67. The second-order valence-corrected chi connectivity index (χ2v) is 9.19. The number of aromatic hydroxyl groups is 1. The number of rotatable bonds is 15. The van der Waals surface area contributed by atoms with E-state index in [1.165, 1.54) is 36.8 Å². The molecule has 14 heteroatoms. The molecule has 0 aliphatic rings. The topological polar surface area (TPSA) is 237 Å². The van der Waals surface area contributed by atoms with Gasteiger partial charge in [0.15, 0.2) is 0 Å². The number of carbonyl (C=O) groups is 5. The number of aliphatic carboxylic acids is 2. The average Bonchev–Trinajstić information content (AvgIpc) is 3.39. The SMILES string of the molecule is CCC(C)C(NC(=O)C(Cc1cnc[nH]1)NC(=O)C(N)CC(=O)O)C(=O)NC(Cc1ccc(O)cc1)C(=O)O. The molecule has 2 aromatic rings. The Morgan fingerprint density at radius 2 is 1.59 bits per heavy atom. The molecule has 0 spiro atoms. The van der Waals surface area contributed by atoms with E-state index in [1.807, 2.05) is 0 Å². The lowest BCUT2D eigenvalue weighted by molar-refractivity contribution is -0.142. The van der Waals surface area contributed by atoms with Crippen molar-refractivity contribution in [2.45, 2.75) is 63.7 Å². The van der Waals surface area contributed by atoms with Crippen LogP contribution in [0.3, 0.4) is 0 Å². The molecule has 3 amide bonds. The number of phenols is 1. The van der Waals surface area contributed by atoms with Crippen molar-refractivity contribution in [2.24, 2.45) is 11.7 Å². The van der Waals surface area contributed by atoms with Gasteiger partial charge in [-0.05, 0) is 23.6 Å². The highest BCUT2D eigenvalue weighted by Crippen LogP contribution is 2.13. The van der Waals surface area contributed by atoms with Gasteiger partial charge in [-0.2, -0.15) is 0 Å². The first-order valence-electron chi connectivity index (χ1n) is 12.3. The maximum atomic E-state index is 13.3. The van der Waals surface area contributed by atoms with Gasteiger partial charge in [-0.25, -0.2) is 9.78 Å². The van der Waals surface area contributed by atoms with E-state index in [1.54, 1.807) is 13.8 Å². The molecule has 5 atom stereocenters. The molecule has 9 N–H and O–H groups in total. The molecule has 14 nitrogen and oxygen atoms in total. The van der Waals surface area contributed by atoms with Crippen LogP contribution in [0.5, 0.6) is 5.75 Å². The Hall–Kier alpha value is -4.46. The Bertz CT molecular complexity index is 1140. The number of carboxylic acids is 2. The van der Waals surface area contributed by atoms with Crippen LogP contribution in [-0.4, -0.2) is 79.1 Å². The molecule has 0 aliphatic heterocycles. The molecule has 0 saturated heterocycles. The molecule has 0 radical (unpaired) electrons. The van der Waals surface area contributed by atoms with E-state index in [9.17, 15) is 34.2 Å². The predicted octanol–water partition coefficient (Wildman–Crippen LogP) is -0.712. The van der Waals surface area contributed by atoms with Gasteiger partial charge < -0.3 is 42.0 Å². The maximum absolute atomic E-state index is 13.3. The van der Waals surface area contributed by atoms with Crippen molar-refractivity contribution >= 4 is 29.7 Å². The molecule has 0 aliphatic carbocycles. The molecule has 1 aromatic heterocycles. The van der Waals surface area contributed by atoms with E-state index in [4.69, 9.17) is 10.8 Å². The summed E-state index contributed by atoms with van der Waals surface area (Å²) in [6.45, 7) is 3.49. The number of phenolic OH excluding ortho intramolecular Hbond substituents is 1. The number of imidazole rings is 1. The van der Waals surface area contributed by atoms with Crippen LogP contribution in [0.2, 0.25) is 0 Å². The van der Waals surface area contributed by atoms with E-state index in [0.717, 1.165) is 0 Å². The van der Waals surface area contributed by atoms with Crippen LogP contribution in [0.15, 0.2) is 36.8 Å². The number of aromatic amines is 1. The summed E-state index contributed by atoms with van der Waals surface area (Å²) >= 11 is 0. The Kier molecular flexibility index (Phi) is 11.4. The first kappa shape index (κ1) is 30.8. The van der Waals surface area contributed by atoms with E-state index in [-0.39, 0.29) is 18.6 Å². The van der Waals surface area contributed by atoms with Gasteiger partial charge in [-0.3, -0.25) is 19.2 Å². The Balaban J connectivity index is 2.21. The van der Waals surface area contributed by atoms with Gasteiger partial charge in [0.25, 0.3) is 0 Å². The number of nitrogens with two attached hydrogens (primary N) is 1. The van der Waals surface area contributed by atoms with Gasteiger partial charge in [0, 0.05) is 24.7 Å². The minimum Gasteiger partial charge on any atom is -0.508 e. The van der Waals surface area contributed by atoms with Crippen LogP contribution in [0.1, 0.15) is 37.9 Å². The molecule has 1 heterocycles. The van der Waals surface area contributed by atoms with Gasteiger partial charge in [0.1, 0.15) is 23.9 Å². The summed E-state index contributed by atoms with van der Waals surface area (Å²) in [5, 5.41) is 35.5. The molecule has 212 valence electrons. The number of nitrogens with one attached hydrogen (secondary N) is 4. The van der Waals surface area contributed by atoms with Crippen LogP contribution in [0.25, 0.3) is 0 Å². The van der Waals surface area contributed by atoms with Crippen molar-refractivity contribution in [1.29, 1.82) is 0 Å². The van der Waals surface area contributed by atoms with E-state index in [0.29, 0.717) is 17.7 Å². The minimum atomic E-state index is -1.41. The molecular weight excluding hydrogens is 512 g/mol. The van der Waals surface area contributed by atoms with Crippen molar-refractivity contribution in [3.8, 4) is 5.75 Å². The Morgan fingerprint density at radius 3 is 2.13 bits per heavy atom. The fraction of sp³-hybridized carbons (Fsp3) is 0.440. The van der Waals surface area contributed by atoms with Crippen molar-refractivity contribution < 1.29 is 39.3 Å². The number of carboxylic acid groups (broad SMARTS) is 2. The van der Waals surface area contributed by atoms with Crippen molar-refractivity contribution in [1.82, 2.24) is 25.9 Å². The summed E-state index contributed by atoms with van der Waals surface area (Å²) in [7, 11) is 0. The number of amides is 3. The van der Waals surface area contributed by atoms with Crippen LogP contribution in [0, 0.1) is 5.92 Å². The number of hydrogen-bond acceptors (Lipinski definition) is 8. The van der Waals surface area contributed by atoms with E-state index >= 15 is 0 Å². The number of aromatic nitrogens is 2. The van der Waals surface area contributed by atoms with Crippen LogP contribution < -0.4 is 21.7 Å². The fourth-order valence-electron chi connectivity index (χ4n) is 3.67. The lowest BCUT2D eigenvalue weighted by atomic mass is 9.96. The summed E-state index contributed by atoms with van der Waals surface area (Å²) in [5.74, 6) is -5.36. The predicted molar refractivity (Wildman–Crippen MR) is 137 cm³/mol. The normalized spacial score (nSPS) is 14.7. The maximum Gasteiger partial charge on any atom is 0.326 e. The summed E-state index contributed by atoms with van der Waals surface area (Å²) in [4.78, 5) is 68.5. The van der Waals surface area contributed by atoms with Gasteiger partial charge in [-0.1, -0.05) is 32.4 Å². The highest BCUT2D eigenvalue weighted by molar-refractivity contribution is 5.95. The number of benzene rings is 1. The lowest BCUT2D eigenvalue weighted by Gasteiger charge is -2.28. The zero-order valence-corrected chi connectivity index (χ0v) is 21.6. The molecule has 39 heavy (non-hydrogen) atoms. The van der Waals surface area contributed by atoms with Gasteiger partial charge in [0.05, 0.1) is 18.8 Å². The smallest absolute Gasteiger partial charge is 0.326 e. The quantitative estimate of drug-likeness (QED) is 0.140. The zero-order chi connectivity index (χ0) is 29.1. The van der Waals surface area contributed by atoms with Crippen molar-refractivity contribution in [3.05, 3.63) is 48.0 Å². The molecular formula is C25H34N6O8. The monoisotopic (exact) mass is 546 g/mol. The van der Waals surface area contributed by atoms with Gasteiger partial charge >= 0.3 is 11.9 Å².